The summed E-state index contributed by atoms with van der Waals surface area (Å²) in [4.78, 5) is 5.67. The Morgan fingerprint density at radius 2 is 1.95 bits per heavy atom. The summed E-state index contributed by atoms with van der Waals surface area (Å²) in [5, 5.41) is 5.64. The van der Waals surface area contributed by atoms with Crippen molar-refractivity contribution in [1.29, 1.82) is 0 Å². The van der Waals surface area contributed by atoms with Gasteiger partial charge in [-0.2, -0.15) is 0 Å². The van der Waals surface area contributed by atoms with Gasteiger partial charge < -0.3 is 5.32 Å². The van der Waals surface area contributed by atoms with Crippen LogP contribution in [0.4, 0.5) is 5.69 Å². The fourth-order valence-electron chi connectivity index (χ4n) is 2.51. The van der Waals surface area contributed by atoms with Gasteiger partial charge in [0.2, 0.25) is 0 Å². The molecule has 0 aliphatic rings. The average molecular weight is 285 g/mol. The lowest BCUT2D eigenvalue weighted by molar-refractivity contribution is 1.03. The second-order valence-corrected chi connectivity index (χ2v) is 5.71. The first kappa shape index (κ1) is 13.2. The molecule has 0 aliphatic carbocycles. The SMILES string of the molecule is CCc1cccc(CC)c1NCc1cn2ccsc2n1. The van der Waals surface area contributed by atoms with Crippen LogP contribution in [-0.2, 0) is 19.4 Å². The highest BCUT2D eigenvalue weighted by Gasteiger charge is 2.07. The first-order valence-corrected chi connectivity index (χ1v) is 7.95. The molecule has 4 heteroatoms. The van der Waals surface area contributed by atoms with E-state index in [0.29, 0.717) is 0 Å². The molecule has 0 atom stereocenters. The summed E-state index contributed by atoms with van der Waals surface area (Å²) in [5.74, 6) is 0. The molecular formula is C16H19N3S. The fourth-order valence-corrected chi connectivity index (χ4v) is 3.23. The van der Waals surface area contributed by atoms with Crippen molar-refractivity contribution in [3.8, 4) is 0 Å². The van der Waals surface area contributed by atoms with Gasteiger partial charge in [-0.05, 0) is 24.0 Å². The summed E-state index contributed by atoms with van der Waals surface area (Å²) >= 11 is 1.67. The number of benzene rings is 1. The maximum absolute atomic E-state index is 4.62. The quantitative estimate of drug-likeness (QED) is 0.763. The largest absolute Gasteiger partial charge is 0.379 e. The van der Waals surface area contributed by atoms with Crippen molar-refractivity contribution >= 4 is 22.0 Å². The smallest absolute Gasteiger partial charge is 0.193 e. The lowest BCUT2D eigenvalue weighted by Gasteiger charge is -2.14. The van der Waals surface area contributed by atoms with Gasteiger partial charge in [0.15, 0.2) is 4.96 Å². The maximum atomic E-state index is 4.62. The zero-order chi connectivity index (χ0) is 13.9. The molecule has 0 aliphatic heterocycles. The summed E-state index contributed by atoms with van der Waals surface area (Å²) < 4.78 is 2.08. The summed E-state index contributed by atoms with van der Waals surface area (Å²) in [6.45, 7) is 5.18. The van der Waals surface area contributed by atoms with Crippen LogP contribution in [0.15, 0.2) is 36.0 Å². The molecule has 0 bridgehead atoms. The average Bonchev–Trinajstić information content (AvgIpc) is 3.05. The number of aryl methyl sites for hydroxylation is 2. The van der Waals surface area contributed by atoms with Gasteiger partial charge in [-0.1, -0.05) is 32.0 Å². The molecule has 0 unspecified atom stereocenters. The molecule has 1 aromatic carbocycles. The lowest BCUT2D eigenvalue weighted by Crippen LogP contribution is -2.05. The minimum Gasteiger partial charge on any atom is -0.379 e. The molecule has 104 valence electrons. The van der Waals surface area contributed by atoms with Gasteiger partial charge in [0.05, 0.1) is 12.2 Å². The Labute approximate surface area is 123 Å². The highest BCUT2D eigenvalue weighted by molar-refractivity contribution is 7.15. The summed E-state index contributed by atoms with van der Waals surface area (Å²) in [5.41, 5.74) is 5.13. The van der Waals surface area contributed by atoms with Crippen LogP contribution in [0, 0.1) is 0 Å². The third kappa shape index (κ3) is 2.43. The van der Waals surface area contributed by atoms with E-state index in [-0.39, 0.29) is 0 Å². The van der Waals surface area contributed by atoms with E-state index in [1.165, 1.54) is 16.8 Å². The van der Waals surface area contributed by atoms with Gasteiger partial charge in [0.1, 0.15) is 0 Å². The molecule has 1 N–H and O–H groups in total. The highest BCUT2D eigenvalue weighted by atomic mass is 32.1. The van der Waals surface area contributed by atoms with Gasteiger partial charge >= 0.3 is 0 Å². The van der Waals surface area contributed by atoms with Gasteiger partial charge in [0.25, 0.3) is 0 Å². The van der Waals surface area contributed by atoms with Crippen molar-refractivity contribution in [2.45, 2.75) is 33.2 Å². The molecule has 0 saturated heterocycles. The van der Waals surface area contributed by atoms with Crippen LogP contribution in [0.3, 0.4) is 0 Å². The topological polar surface area (TPSA) is 29.3 Å². The summed E-state index contributed by atoms with van der Waals surface area (Å²) in [6.07, 6.45) is 6.25. The van der Waals surface area contributed by atoms with Crippen LogP contribution in [0.5, 0.6) is 0 Å². The Morgan fingerprint density at radius 3 is 2.60 bits per heavy atom. The van der Waals surface area contributed by atoms with Gasteiger partial charge in [-0.3, -0.25) is 4.40 Å². The molecule has 3 aromatic rings. The zero-order valence-electron chi connectivity index (χ0n) is 11.9. The molecule has 20 heavy (non-hydrogen) atoms. The molecule has 0 radical (unpaired) electrons. The van der Waals surface area contributed by atoms with Crippen LogP contribution in [0.25, 0.3) is 4.96 Å². The van der Waals surface area contributed by atoms with Crippen LogP contribution < -0.4 is 5.32 Å². The van der Waals surface area contributed by atoms with Crippen LogP contribution in [0.1, 0.15) is 30.7 Å². The first-order valence-electron chi connectivity index (χ1n) is 7.07. The number of anilines is 1. The molecule has 2 aromatic heterocycles. The van der Waals surface area contributed by atoms with Crippen molar-refractivity contribution in [1.82, 2.24) is 9.38 Å². The molecule has 0 saturated carbocycles. The van der Waals surface area contributed by atoms with E-state index in [4.69, 9.17) is 0 Å². The monoisotopic (exact) mass is 285 g/mol. The second kappa shape index (κ2) is 5.67. The number of thiazole rings is 1. The Bertz CT molecular complexity index is 661. The van der Waals surface area contributed by atoms with Crippen LogP contribution in [0.2, 0.25) is 0 Å². The van der Waals surface area contributed by atoms with E-state index in [0.717, 1.165) is 30.0 Å². The molecule has 0 fully saturated rings. The first-order chi connectivity index (χ1) is 9.81. The Balaban J connectivity index is 1.82. The lowest BCUT2D eigenvalue weighted by atomic mass is 10.0. The zero-order valence-corrected chi connectivity index (χ0v) is 12.7. The van der Waals surface area contributed by atoms with E-state index in [2.05, 4.69) is 58.3 Å². The standard InChI is InChI=1S/C16H19N3S/c1-3-12-6-5-7-13(4-2)15(12)17-10-14-11-19-8-9-20-16(19)18-14/h5-9,11,17H,3-4,10H2,1-2H3. The molecule has 0 spiro atoms. The van der Waals surface area contributed by atoms with E-state index in [9.17, 15) is 0 Å². The summed E-state index contributed by atoms with van der Waals surface area (Å²) in [7, 11) is 0. The van der Waals surface area contributed by atoms with Crippen LogP contribution in [-0.4, -0.2) is 9.38 Å². The number of rotatable bonds is 5. The number of para-hydroxylation sites is 1. The van der Waals surface area contributed by atoms with Crippen molar-refractivity contribution < 1.29 is 0 Å². The third-order valence-corrected chi connectivity index (χ3v) is 4.36. The van der Waals surface area contributed by atoms with Gasteiger partial charge in [0, 0.05) is 23.5 Å². The Hall–Kier alpha value is -1.81. The van der Waals surface area contributed by atoms with E-state index < -0.39 is 0 Å². The normalized spacial score (nSPS) is 11.1. The predicted molar refractivity (Wildman–Crippen MR) is 85.6 cm³/mol. The van der Waals surface area contributed by atoms with E-state index >= 15 is 0 Å². The molecule has 2 heterocycles. The van der Waals surface area contributed by atoms with Gasteiger partial charge in [-0.15, -0.1) is 11.3 Å². The Morgan fingerprint density at radius 1 is 1.20 bits per heavy atom. The van der Waals surface area contributed by atoms with Crippen molar-refractivity contribution in [3.05, 3.63) is 52.8 Å². The molecular weight excluding hydrogens is 266 g/mol. The second-order valence-electron chi connectivity index (χ2n) is 4.84. The van der Waals surface area contributed by atoms with Crippen LogP contribution >= 0.6 is 11.3 Å². The number of hydrogen-bond acceptors (Lipinski definition) is 3. The summed E-state index contributed by atoms with van der Waals surface area (Å²) in [6, 6.07) is 6.55. The molecule has 0 amide bonds. The minimum absolute atomic E-state index is 0.776. The van der Waals surface area contributed by atoms with Crippen molar-refractivity contribution in [2.75, 3.05) is 5.32 Å². The van der Waals surface area contributed by atoms with Crippen molar-refractivity contribution in [3.63, 3.8) is 0 Å². The number of imidazole rings is 1. The number of nitrogens with one attached hydrogen (secondary N) is 1. The highest BCUT2D eigenvalue weighted by Crippen LogP contribution is 2.23. The van der Waals surface area contributed by atoms with E-state index in [1.54, 1.807) is 11.3 Å². The van der Waals surface area contributed by atoms with E-state index in [1.807, 2.05) is 6.20 Å². The van der Waals surface area contributed by atoms with Crippen molar-refractivity contribution in [2.24, 2.45) is 0 Å². The molecule has 3 rings (SSSR count). The minimum atomic E-state index is 0.776. The number of fused-ring (bicyclic) bond motifs is 1. The van der Waals surface area contributed by atoms with Gasteiger partial charge in [-0.25, -0.2) is 4.98 Å². The Kier molecular flexibility index (Phi) is 3.74. The molecule has 3 nitrogen and oxygen atoms in total. The maximum Gasteiger partial charge on any atom is 0.193 e. The predicted octanol–water partition coefficient (Wildman–Crippen LogP) is 4.13. The fraction of sp³-hybridized carbons (Fsp3) is 0.312. The number of nitrogens with zero attached hydrogens (tertiary/aromatic N) is 2. The third-order valence-electron chi connectivity index (χ3n) is 3.59. The number of hydrogen-bond donors (Lipinski definition) is 1. The number of aromatic nitrogens is 2.